The summed E-state index contributed by atoms with van der Waals surface area (Å²) in [5.41, 5.74) is -0.645. The average molecular weight is 281 g/mol. The monoisotopic (exact) mass is 281 g/mol. The Hall–Kier alpha value is -1.13. The van der Waals surface area contributed by atoms with Crippen molar-refractivity contribution in [3.05, 3.63) is 30.1 Å². The summed E-state index contributed by atoms with van der Waals surface area (Å²) in [6, 6.07) is 6.34. The van der Waals surface area contributed by atoms with Gasteiger partial charge in [0.15, 0.2) is 0 Å². The van der Waals surface area contributed by atoms with E-state index in [1.54, 1.807) is 12.1 Å². The second-order valence-electron chi connectivity index (χ2n) is 6.00. The predicted molar refractivity (Wildman–Crippen MR) is 77.4 cm³/mol. The van der Waals surface area contributed by atoms with E-state index in [4.69, 9.17) is 4.74 Å². The van der Waals surface area contributed by atoms with Crippen molar-refractivity contribution in [3.8, 4) is 5.75 Å². The number of rotatable bonds is 6. The zero-order valence-electron chi connectivity index (χ0n) is 12.3. The maximum atomic E-state index is 12.7. The molecule has 0 spiro atoms. The molecule has 4 heteroatoms. The fraction of sp³-hybridized carbons (Fsp3) is 0.625. The third kappa shape index (κ3) is 4.18. The molecule has 2 rings (SSSR count). The number of aliphatic hydroxyl groups is 1. The van der Waals surface area contributed by atoms with Crippen LogP contribution in [0.4, 0.5) is 4.39 Å². The van der Waals surface area contributed by atoms with E-state index >= 15 is 0 Å². The van der Waals surface area contributed by atoms with Gasteiger partial charge in [0.05, 0.1) is 12.2 Å². The summed E-state index contributed by atoms with van der Waals surface area (Å²) in [7, 11) is 0. The third-order valence-electron chi connectivity index (χ3n) is 3.85. The van der Waals surface area contributed by atoms with Crippen molar-refractivity contribution < 1.29 is 14.2 Å². The van der Waals surface area contributed by atoms with Crippen molar-refractivity contribution in [2.45, 2.75) is 44.8 Å². The number of hydrogen-bond donors (Lipinski definition) is 1. The summed E-state index contributed by atoms with van der Waals surface area (Å²) < 4.78 is 18.3. The van der Waals surface area contributed by atoms with E-state index in [1.807, 2.05) is 13.8 Å². The molecule has 1 unspecified atom stereocenters. The van der Waals surface area contributed by atoms with Gasteiger partial charge in [0.2, 0.25) is 0 Å². The molecule has 1 saturated heterocycles. The standard InChI is InChI=1S/C16H24FNO2/c1-16(2,19)15-5-3-10-18(15)11-4-12-20-14-8-6-13(17)7-9-14/h6-9,15,19H,3-5,10-12H2,1-2H3. The Morgan fingerprint density at radius 3 is 2.70 bits per heavy atom. The van der Waals surface area contributed by atoms with Crippen LogP contribution in [0.2, 0.25) is 0 Å². The molecule has 1 heterocycles. The summed E-state index contributed by atoms with van der Waals surface area (Å²) in [6.45, 7) is 6.35. The second-order valence-corrected chi connectivity index (χ2v) is 6.00. The number of halogens is 1. The third-order valence-corrected chi connectivity index (χ3v) is 3.85. The van der Waals surface area contributed by atoms with Gasteiger partial charge < -0.3 is 9.84 Å². The van der Waals surface area contributed by atoms with Crippen molar-refractivity contribution >= 4 is 0 Å². The van der Waals surface area contributed by atoms with Gasteiger partial charge in [-0.3, -0.25) is 4.90 Å². The summed E-state index contributed by atoms with van der Waals surface area (Å²) in [5.74, 6) is 0.453. The van der Waals surface area contributed by atoms with Gasteiger partial charge in [0.25, 0.3) is 0 Å². The predicted octanol–water partition coefficient (Wildman–Crippen LogP) is 2.83. The van der Waals surface area contributed by atoms with Crippen LogP contribution >= 0.6 is 0 Å². The molecular weight excluding hydrogens is 257 g/mol. The summed E-state index contributed by atoms with van der Waals surface area (Å²) in [6.07, 6.45) is 3.11. The van der Waals surface area contributed by atoms with Gasteiger partial charge in [-0.05, 0) is 63.9 Å². The minimum atomic E-state index is -0.645. The number of hydrogen-bond acceptors (Lipinski definition) is 3. The highest BCUT2D eigenvalue weighted by Crippen LogP contribution is 2.26. The first-order valence-electron chi connectivity index (χ1n) is 7.31. The molecule has 112 valence electrons. The molecule has 0 aliphatic carbocycles. The quantitative estimate of drug-likeness (QED) is 0.814. The topological polar surface area (TPSA) is 32.7 Å². The Morgan fingerprint density at radius 2 is 2.05 bits per heavy atom. The molecule has 1 N–H and O–H groups in total. The maximum Gasteiger partial charge on any atom is 0.123 e. The summed E-state index contributed by atoms with van der Waals surface area (Å²) in [4.78, 5) is 2.34. The van der Waals surface area contributed by atoms with Crippen molar-refractivity contribution in [1.82, 2.24) is 4.90 Å². The summed E-state index contributed by atoms with van der Waals surface area (Å²) >= 11 is 0. The van der Waals surface area contributed by atoms with Crippen molar-refractivity contribution in [2.75, 3.05) is 19.7 Å². The van der Waals surface area contributed by atoms with Gasteiger partial charge in [-0.2, -0.15) is 0 Å². The van der Waals surface area contributed by atoms with E-state index in [9.17, 15) is 9.50 Å². The Morgan fingerprint density at radius 1 is 1.35 bits per heavy atom. The molecule has 1 aromatic carbocycles. The SMILES string of the molecule is CC(C)(O)C1CCCN1CCCOc1ccc(F)cc1. The lowest BCUT2D eigenvalue weighted by atomic mass is 9.96. The highest BCUT2D eigenvalue weighted by molar-refractivity contribution is 5.21. The van der Waals surface area contributed by atoms with Gasteiger partial charge in [-0.15, -0.1) is 0 Å². The highest BCUT2D eigenvalue weighted by atomic mass is 19.1. The molecule has 1 aromatic rings. The Balaban J connectivity index is 1.72. The highest BCUT2D eigenvalue weighted by Gasteiger charge is 2.35. The van der Waals surface area contributed by atoms with Crippen LogP contribution in [0.3, 0.4) is 0 Å². The van der Waals surface area contributed by atoms with E-state index < -0.39 is 5.60 Å². The van der Waals surface area contributed by atoms with E-state index in [0.29, 0.717) is 12.4 Å². The van der Waals surface area contributed by atoms with Crippen LogP contribution < -0.4 is 4.74 Å². The Labute approximate surface area is 120 Å². The first kappa shape index (κ1) is 15.3. The van der Waals surface area contributed by atoms with E-state index in [1.165, 1.54) is 12.1 Å². The zero-order chi connectivity index (χ0) is 14.6. The molecule has 1 fully saturated rings. The lowest BCUT2D eigenvalue weighted by Gasteiger charge is -2.33. The van der Waals surface area contributed by atoms with Gasteiger partial charge in [-0.25, -0.2) is 4.39 Å². The van der Waals surface area contributed by atoms with Crippen LogP contribution in [-0.4, -0.2) is 41.3 Å². The Bertz CT molecular complexity index is 413. The van der Waals surface area contributed by atoms with Gasteiger partial charge in [0.1, 0.15) is 11.6 Å². The molecular formula is C16H24FNO2. The van der Waals surface area contributed by atoms with Gasteiger partial charge in [0, 0.05) is 12.6 Å². The normalized spacial score (nSPS) is 20.3. The molecule has 3 nitrogen and oxygen atoms in total. The van der Waals surface area contributed by atoms with Gasteiger partial charge >= 0.3 is 0 Å². The largest absolute Gasteiger partial charge is 0.494 e. The molecule has 0 radical (unpaired) electrons. The maximum absolute atomic E-state index is 12.7. The fourth-order valence-electron chi connectivity index (χ4n) is 2.88. The molecule has 1 aliphatic heterocycles. The molecule has 20 heavy (non-hydrogen) atoms. The lowest BCUT2D eigenvalue weighted by molar-refractivity contribution is -0.00350. The van der Waals surface area contributed by atoms with Crippen LogP contribution in [0.5, 0.6) is 5.75 Å². The van der Waals surface area contributed by atoms with Crippen LogP contribution in [0, 0.1) is 5.82 Å². The van der Waals surface area contributed by atoms with Crippen molar-refractivity contribution in [2.24, 2.45) is 0 Å². The Kier molecular flexibility index (Phi) is 5.00. The van der Waals surface area contributed by atoms with Crippen molar-refractivity contribution in [1.29, 1.82) is 0 Å². The van der Waals surface area contributed by atoms with Crippen LogP contribution in [0.25, 0.3) is 0 Å². The second kappa shape index (κ2) is 6.55. The number of likely N-dealkylation sites (tertiary alicyclic amines) is 1. The number of ether oxygens (including phenoxy) is 1. The first-order valence-corrected chi connectivity index (χ1v) is 7.31. The summed E-state index contributed by atoms with van der Waals surface area (Å²) in [5, 5.41) is 10.1. The molecule has 0 aromatic heterocycles. The average Bonchev–Trinajstić information content (AvgIpc) is 2.85. The molecule has 0 amide bonds. The van der Waals surface area contributed by atoms with Crippen LogP contribution in [-0.2, 0) is 0 Å². The van der Waals surface area contributed by atoms with Gasteiger partial charge in [-0.1, -0.05) is 0 Å². The molecule has 1 aliphatic rings. The number of nitrogens with zero attached hydrogens (tertiary/aromatic N) is 1. The minimum Gasteiger partial charge on any atom is -0.494 e. The van der Waals surface area contributed by atoms with Crippen molar-refractivity contribution in [3.63, 3.8) is 0 Å². The van der Waals surface area contributed by atoms with E-state index in [-0.39, 0.29) is 11.9 Å². The molecule has 1 atom stereocenters. The molecule has 0 saturated carbocycles. The first-order chi connectivity index (χ1) is 9.47. The van der Waals surface area contributed by atoms with Crippen LogP contribution in [0.1, 0.15) is 33.1 Å². The molecule has 0 bridgehead atoms. The zero-order valence-corrected chi connectivity index (χ0v) is 12.3. The smallest absolute Gasteiger partial charge is 0.123 e. The van der Waals surface area contributed by atoms with E-state index in [0.717, 1.165) is 32.4 Å². The lowest BCUT2D eigenvalue weighted by Crippen LogP contribution is -2.46. The minimum absolute atomic E-state index is 0.244. The fourth-order valence-corrected chi connectivity index (χ4v) is 2.88. The van der Waals surface area contributed by atoms with Crippen LogP contribution in [0.15, 0.2) is 24.3 Å². The van der Waals surface area contributed by atoms with E-state index in [2.05, 4.69) is 4.90 Å². The number of benzene rings is 1.